The number of imidazole rings is 2. The van der Waals surface area contributed by atoms with Crippen LogP contribution in [0.4, 0.5) is 13.2 Å². The predicted molar refractivity (Wildman–Crippen MR) is 103 cm³/mol. The van der Waals surface area contributed by atoms with E-state index in [9.17, 15) is 13.2 Å². The number of nitrogens with one attached hydrogen (secondary N) is 2. The van der Waals surface area contributed by atoms with E-state index in [-0.39, 0.29) is 28.3 Å². The fourth-order valence-corrected chi connectivity index (χ4v) is 3.95. The zero-order chi connectivity index (χ0) is 20.1. The third-order valence-electron chi connectivity index (χ3n) is 5.39. The molecule has 0 bridgehead atoms. The molecule has 9 heteroatoms. The van der Waals surface area contributed by atoms with Gasteiger partial charge in [0.2, 0.25) is 0 Å². The summed E-state index contributed by atoms with van der Waals surface area (Å²) in [5.74, 6) is 0.510. The Balaban J connectivity index is 1.63. The van der Waals surface area contributed by atoms with E-state index in [2.05, 4.69) is 25.4 Å². The van der Waals surface area contributed by atoms with Crippen molar-refractivity contribution in [1.82, 2.24) is 29.9 Å². The van der Waals surface area contributed by atoms with Gasteiger partial charge < -0.3 is 10.3 Å². The van der Waals surface area contributed by atoms with Crippen LogP contribution in [-0.2, 0) is 0 Å². The molecule has 6 nitrogen and oxygen atoms in total. The van der Waals surface area contributed by atoms with Crippen molar-refractivity contribution in [3.63, 3.8) is 0 Å². The van der Waals surface area contributed by atoms with Crippen molar-refractivity contribution in [1.29, 1.82) is 0 Å². The third-order valence-corrected chi connectivity index (χ3v) is 5.39. The number of benzene rings is 1. The molecule has 5 rings (SSSR count). The van der Waals surface area contributed by atoms with Gasteiger partial charge in [-0.25, -0.2) is 27.7 Å². The van der Waals surface area contributed by atoms with Crippen LogP contribution >= 0.6 is 0 Å². The maximum absolute atomic E-state index is 14.8. The first-order valence-electron chi connectivity index (χ1n) is 9.55. The van der Waals surface area contributed by atoms with Gasteiger partial charge in [-0.3, -0.25) is 0 Å². The Bertz CT molecular complexity index is 1210. The summed E-state index contributed by atoms with van der Waals surface area (Å²) in [7, 11) is 0. The van der Waals surface area contributed by atoms with Gasteiger partial charge in [0.15, 0.2) is 11.5 Å². The number of aryl methyl sites for hydroxylation is 1. The molecule has 2 N–H and O–H groups in total. The van der Waals surface area contributed by atoms with Gasteiger partial charge in [0.25, 0.3) is 6.43 Å². The highest BCUT2D eigenvalue weighted by atomic mass is 19.3. The molecule has 150 valence electrons. The lowest BCUT2D eigenvalue weighted by Gasteiger charge is -2.20. The minimum absolute atomic E-state index is 0.109. The average molecular weight is 400 g/mol. The van der Waals surface area contributed by atoms with Crippen LogP contribution in [0.3, 0.4) is 0 Å². The first kappa shape index (κ1) is 18.1. The highest BCUT2D eigenvalue weighted by molar-refractivity contribution is 5.82. The van der Waals surface area contributed by atoms with Gasteiger partial charge in [-0.15, -0.1) is 0 Å². The van der Waals surface area contributed by atoms with Crippen LogP contribution in [0.15, 0.2) is 24.4 Å². The molecule has 0 radical (unpaired) electrons. The molecule has 1 aliphatic heterocycles. The molecule has 1 aromatic carbocycles. The molecule has 0 saturated carbocycles. The van der Waals surface area contributed by atoms with E-state index in [1.807, 2.05) is 0 Å². The third kappa shape index (κ3) is 3.15. The van der Waals surface area contributed by atoms with Gasteiger partial charge in [-0.2, -0.15) is 5.10 Å². The molecular weight excluding hydrogens is 381 g/mol. The van der Waals surface area contributed by atoms with Crippen molar-refractivity contribution in [3.05, 3.63) is 47.3 Å². The lowest BCUT2D eigenvalue weighted by molar-refractivity contribution is 0.152. The van der Waals surface area contributed by atoms with Gasteiger partial charge in [0.1, 0.15) is 11.3 Å². The van der Waals surface area contributed by atoms with E-state index < -0.39 is 12.2 Å². The highest BCUT2D eigenvalue weighted by Crippen LogP contribution is 2.31. The number of hydrogen-bond donors (Lipinski definition) is 2. The molecule has 0 spiro atoms. The van der Waals surface area contributed by atoms with Crippen LogP contribution in [0.1, 0.15) is 42.3 Å². The van der Waals surface area contributed by atoms with Gasteiger partial charge >= 0.3 is 0 Å². The number of alkyl halides is 2. The number of aromatic amines is 1. The van der Waals surface area contributed by atoms with Gasteiger partial charge in [0.05, 0.1) is 28.7 Å². The summed E-state index contributed by atoms with van der Waals surface area (Å²) >= 11 is 0. The first-order valence-corrected chi connectivity index (χ1v) is 9.55. The predicted octanol–water partition coefficient (Wildman–Crippen LogP) is 4.12. The zero-order valence-corrected chi connectivity index (χ0v) is 15.7. The summed E-state index contributed by atoms with van der Waals surface area (Å²) < 4.78 is 43.3. The molecule has 0 aliphatic carbocycles. The van der Waals surface area contributed by atoms with E-state index in [1.54, 1.807) is 19.2 Å². The summed E-state index contributed by atoms with van der Waals surface area (Å²) in [6.45, 7) is 3.52. The minimum Gasteiger partial charge on any atom is -0.342 e. The maximum Gasteiger partial charge on any atom is 0.267 e. The normalized spacial score (nSPS) is 15.8. The fraction of sp³-hybridized carbons (Fsp3) is 0.350. The summed E-state index contributed by atoms with van der Waals surface area (Å²) in [6.07, 6.45) is 0.729. The lowest BCUT2D eigenvalue weighted by atomic mass is 9.98. The topological polar surface area (TPSA) is 70.9 Å². The number of hydrogen-bond acceptors (Lipinski definition) is 4. The number of fused-ring (bicyclic) bond motifs is 2. The van der Waals surface area contributed by atoms with E-state index >= 15 is 0 Å². The zero-order valence-electron chi connectivity index (χ0n) is 15.7. The second kappa shape index (κ2) is 6.84. The number of aromatic nitrogens is 5. The van der Waals surface area contributed by atoms with Crippen molar-refractivity contribution >= 4 is 16.7 Å². The molecule has 29 heavy (non-hydrogen) atoms. The Labute approximate surface area is 164 Å². The second-order valence-electron chi connectivity index (χ2n) is 7.44. The second-order valence-corrected chi connectivity index (χ2v) is 7.44. The molecule has 3 aromatic heterocycles. The van der Waals surface area contributed by atoms with E-state index in [0.29, 0.717) is 16.8 Å². The Morgan fingerprint density at radius 1 is 1.14 bits per heavy atom. The molecule has 1 aliphatic rings. The number of nitrogens with zero attached hydrogens (tertiary/aromatic N) is 4. The van der Waals surface area contributed by atoms with Gasteiger partial charge in [-0.05, 0) is 51.1 Å². The van der Waals surface area contributed by atoms with Crippen LogP contribution in [0.25, 0.3) is 27.9 Å². The molecule has 4 aromatic rings. The number of piperidine rings is 1. The largest absolute Gasteiger partial charge is 0.342 e. The highest BCUT2D eigenvalue weighted by Gasteiger charge is 2.22. The quantitative estimate of drug-likeness (QED) is 0.543. The van der Waals surface area contributed by atoms with E-state index in [0.717, 1.165) is 31.8 Å². The molecule has 1 fully saturated rings. The number of rotatable bonds is 3. The lowest BCUT2D eigenvalue weighted by Crippen LogP contribution is -2.27. The summed E-state index contributed by atoms with van der Waals surface area (Å²) in [5.41, 5.74) is 1.92. The SMILES string of the molecule is Cc1cn2nc(-c3cc(F)c4nc(C5CCNCC5)[nH]c4c3)cc(C(F)F)c2n1. The molecule has 1 saturated heterocycles. The summed E-state index contributed by atoms with van der Waals surface area (Å²) in [6, 6.07) is 4.28. The smallest absolute Gasteiger partial charge is 0.267 e. The van der Waals surface area contributed by atoms with Crippen LogP contribution in [-0.4, -0.2) is 37.7 Å². The fourth-order valence-electron chi connectivity index (χ4n) is 3.95. The average Bonchev–Trinajstić information content (AvgIpc) is 3.30. The van der Waals surface area contributed by atoms with Gasteiger partial charge in [-0.1, -0.05) is 0 Å². The molecular formula is C20H19F3N6. The summed E-state index contributed by atoms with van der Waals surface area (Å²) in [5, 5.41) is 7.66. The van der Waals surface area contributed by atoms with Crippen molar-refractivity contribution in [2.45, 2.75) is 32.1 Å². The summed E-state index contributed by atoms with van der Waals surface area (Å²) in [4.78, 5) is 11.8. The standard InChI is InChI=1S/C20H19F3N6/c1-10-9-29-20(25-10)13(18(22)23)8-15(28-29)12-6-14(21)17-16(7-12)26-19(27-17)11-2-4-24-5-3-11/h6-9,11,18,24H,2-5H2,1H3,(H,26,27). The number of H-pyrrole nitrogens is 1. The Kier molecular flexibility index (Phi) is 4.27. The molecule has 0 atom stereocenters. The van der Waals surface area contributed by atoms with Crippen molar-refractivity contribution < 1.29 is 13.2 Å². The van der Waals surface area contributed by atoms with Crippen LogP contribution in [0.2, 0.25) is 0 Å². The van der Waals surface area contributed by atoms with Crippen LogP contribution in [0, 0.1) is 12.7 Å². The van der Waals surface area contributed by atoms with E-state index in [1.165, 1.54) is 16.6 Å². The minimum atomic E-state index is -2.71. The number of halogens is 3. The Morgan fingerprint density at radius 3 is 2.69 bits per heavy atom. The van der Waals surface area contributed by atoms with Crippen LogP contribution < -0.4 is 5.32 Å². The van der Waals surface area contributed by atoms with Gasteiger partial charge in [0, 0.05) is 11.5 Å². The van der Waals surface area contributed by atoms with Crippen molar-refractivity contribution in [2.75, 3.05) is 13.1 Å². The molecule has 0 unspecified atom stereocenters. The Hall–Kier alpha value is -2.94. The monoisotopic (exact) mass is 400 g/mol. The maximum atomic E-state index is 14.8. The van der Waals surface area contributed by atoms with Crippen LogP contribution in [0.5, 0.6) is 0 Å². The molecule has 0 amide bonds. The van der Waals surface area contributed by atoms with E-state index in [4.69, 9.17) is 0 Å². The first-order chi connectivity index (χ1) is 14.0. The Morgan fingerprint density at radius 2 is 1.93 bits per heavy atom. The van der Waals surface area contributed by atoms with Crippen molar-refractivity contribution in [2.24, 2.45) is 0 Å². The molecule has 4 heterocycles. The van der Waals surface area contributed by atoms with Crippen molar-refractivity contribution in [3.8, 4) is 11.3 Å².